The van der Waals surface area contributed by atoms with Crippen molar-refractivity contribution in [2.45, 2.75) is 25.8 Å². The molecule has 0 aliphatic heterocycles. The third kappa shape index (κ3) is 3.53. The molecule has 0 fully saturated rings. The van der Waals surface area contributed by atoms with Crippen LogP contribution >= 0.6 is 0 Å². The van der Waals surface area contributed by atoms with Crippen molar-refractivity contribution in [3.63, 3.8) is 0 Å². The summed E-state index contributed by atoms with van der Waals surface area (Å²) in [5, 5.41) is 9.05. The van der Waals surface area contributed by atoms with E-state index < -0.39 is 11.5 Å². The number of likely N-dealkylation sites (N-methyl/N-ethyl adjacent to an activating group) is 1. The van der Waals surface area contributed by atoms with Crippen LogP contribution in [-0.4, -0.2) is 35.1 Å². The molecule has 3 nitrogen and oxygen atoms in total. The summed E-state index contributed by atoms with van der Waals surface area (Å²) in [7, 11) is 1.76. The first kappa shape index (κ1) is 13.6. The molecule has 0 aliphatic rings. The number of benzene rings is 1. The van der Waals surface area contributed by atoms with Crippen molar-refractivity contribution >= 4 is 5.97 Å². The van der Waals surface area contributed by atoms with Crippen LogP contribution < -0.4 is 0 Å². The summed E-state index contributed by atoms with van der Waals surface area (Å²) in [6.07, 6.45) is 0.630. The van der Waals surface area contributed by atoms with Gasteiger partial charge in [0, 0.05) is 6.54 Å². The van der Waals surface area contributed by atoms with Gasteiger partial charge in [0.1, 0.15) is 11.4 Å². The number of aliphatic carboxylic acids is 1. The maximum Gasteiger partial charge on any atom is 0.323 e. The van der Waals surface area contributed by atoms with E-state index in [-0.39, 0.29) is 5.82 Å². The molecule has 0 saturated carbocycles. The highest BCUT2D eigenvalue weighted by atomic mass is 19.1. The van der Waals surface area contributed by atoms with Gasteiger partial charge in [-0.3, -0.25) is 9.69 Å². The van der Waals surface area contributed by atoms with E-state index in [1.807, 2.05) is 6.07 Å². The van der Waals surface area contributed by atoms with Gasteiger partial charge in [-0.25, -0.2) is 4.39 Å². The van der Waals surface area contributed by atoms with E-state index in [4.69, 9.17) is 5.11 Å². The first-order chi connectivity index (χ1) is 7.84. The monoisotopic (exact) mass is 239 g/mol. The van der Waals surface area contributed by atoms with Crippen molar-refractivity contribution in [3.05, 3.63) is 35.6 Å². The topological polar surface area (TPSA) is 40.5 Å². The summed E-state index contributed by atoms with van der Waals surface area (Å²) in [6, 6.07) is 6.37. The maximum absolute atomic E-state index is 12.9. The van der Waals surface area contributed by atoms with Crippen molar-refractivity contribution in [1.82, 2.24) is 4.90 Å². The lowest BCUT2D eigenvalue weighted by Crippen LogP contribution is -2.48. The number of nitrogens with zero attached hydrogens (tertiary/aromatic N) is 1. The molecule has 1 aromatic rings. The predicted molar refractivity (Wildman–Crippen MR) is 64.4 cm³/mol. The van der Waals surface area contributed by atoms with Gasteiger partial charge in [-0.15, -0.1) is 0 Å². The lowest BCUT2D eigenvalue weighted by Gasteiger charge is -2.31. The fraction of sp³-hybridized carbons (Fsp3) is 0.462. The Kier molecular flexibility index (Phi) is 4.23. The molecule has 0 bridgehead atoms. The molecule has 0 atom stereocenters. The fourth-order valence-corrected chi connectivity index (χ4v) is 1.43. The Morgan fingerprint density at radius 1 is 1.47 bits per heavy atom. The minimum absolute atomic E-state index is 0.261. The highest BCUT2D eigenvalue weighted by Gasteiger charge is 2.31. The van der Waals surface area contributed by atoms with Crippen LogP contribution in [0.1, 0.15) is 19.4 Å². The van der Waals surface area contributed by atoms with Crippen LogP contribution in [0.5, 0.6) is 0 Å². The molecule has 1 aromatic carbocycles. The minimum atomic E-state index is -0.909. The van der Waals surface area contributed by atoms with E-state index in [0.29, 0.717) is 13.0 Å². The van der Waals surface area contributed by atoms with Crippen LogP contribution in [0.25, 0.3) is 0 Å². The van der Waals surface area contributed by atoms with Gasteiger partial charge in [-0.05, 0) is 45.0 Å². The van der Waals surface area contributed by atoms with Gasteiger partial charge in [0.05, 0.1) is 0 Å². The van der Waals surface area contributed by atoms with Crippen LogP contribution in [0.3, 0.4) is 0 Å². The van der Waals surface area contributed by atoms with Crippen molar-refractivity contribution in [2.24, 2.45) is 0 Å². The molecule has 1 N–H and O–H groups in total. The molecule has 94 valence electrons. The second-order valence-corrected chi connectivity index (χ2v) is 4.67. The average molecular weight is 239 g/mol. The quantitative estimate of drug-likeness (QED) is 0.856. The van der Waals surface area contributed by atoms with Crippen LogP contribution in [0.4, 0.5) is 4.39 Å². The largest absolute Gasteiger partial charge is 0.480 e. The lowest BCUT2D eigenvalue weighted by atomic mass is 10.0. The highest BCUT2D eigenvalue weighted by Crippen LogP contribution is 2.13. The van der Waals surface area contributed by atoms with Gasteiger partial charge in [0.15, 0.2) is 0 Å². The second-order valence-electron chi connectivity index (χ2n) is 4.67. The number of carbonyl (C=O) groups is 1. The van der Waals surface area contributed by atoms with Gasteiger partial charge in [0.25, 0.3) is 0 Å². The molecule has 0 amide bonds. The summed E-state index contributed by atoms with van der Waals surface area (Å²) in [5.74, 6) is -1.12. The molecule has 1 rings (SSSR count). The second kappa shape index (κ2) is 5.27. The molecule has 0 radical (unpaired) electrons. The van der Waals surface area contributed by atoms with Crippen molar-refractivity contribution in [2.75, 3.05) is 13.6 Å². The van der Waals surface area contributed by atoms with E-state index in [0.717, 1.165) is 5.56 Å². The molecular weight excluding hydrogens is 221 g/mol. The summed E-state index contributed by atoms with van der Waals surface area (Å²) in [6.45, 7) is 3.88. The number of hydrogen-bond donors (Lipinski definition) is 1. The summed E-state index contributed by atoms with van der Waals surface area (Å²) >= 11 is 0. The van der Waals surface area contributed by atoms with E-state index >= 15 is 0 Å². The molecule has 0 unspecified atom stereocenters. The number of halogens is 1. The number of hydrogen-bond acceptors (Lipinski definition) is 2. The molecule has 0 aliphatic carbocycles. The standard InChI is InChI=1S/C13H18FNO2/c1-13(2,12(16)17)15(3)8-7-10-5-4-6-11(14)9-10/h4-6,9H,7-8H2,1-3H3,(H,16,17). The zero-order valence-corrected chi connectivity index (χ0v) is 10.4. The van der Waals surface area contributed by atoms with Crippen LogP contribution in [0, 0.1) is 5.82 Å². The van der Waals surface area contributed by atoms with Gasteiger partial charge in [0.2, 0.25) is 0 Å². The minimum Gasteiger partial charge on any atom is -0.480 e. The Bertz CT molecular complexity index is 404. The van der Waals surface area contributed by atoms with Crippen LogP contribution in [-0.2, 0) is 11.2 Å². The molecule has 0 spiro atoms. The van der Waals surface area contributed by atoms with Gasteiger partial charge in [-0.2, -0.15) is 0 Å². The molecule has 0 heterocycles. The van der Waals surface area contributed by atoms with Crippen LogP contribution in [0.2, 0.25) is 0 Å². The Balaban J connectivity index is 2.60. The maximum atomic E-state index is 12.9. The summed E-state index contributed by atoms with van der Waals surface area (Å²) in [5.41, 5.74) is -0.0362. The van der Waals surface area contributed by atoms with E-state index in [9.17, 15) is 9.18 Å². The highest BCUT2D eigenvalue weighted by molar-refractivity contribution is 5.77. The zero-order chi connectivity index (χ0) is 13.1. The van der Waals surface area contributed by atoms with E-state index in [1.54, 1.807) is 31.9 Å². The molecule has 0 saturated heterocycles. The Labute approximate surface area is 101 Å². The first-order valence-electron chi connectivity index (χ1n) is 5.53. The SMILES string of the molecule is CN(CCc1cccc(F)c1)C(C)(C)C(=O)O. The number of carboxylic acid groups (broad SMARTS) is 1. The Morgan fingerprint density at radius 2 is 2.12 bits per heavy atom. The van der Waals surface area contributed by atoms with Crippen LogP contribution in [0.15, 0.2) is 24.3 Å². The molecular formula is C13H18FNO2. The molecule has 4 heteroatoms. The average Bonchev–Trinajstić information content (AvgIpc) is 2.25. The van der Waals surface area contributed by atoms with Crippen molar-refractivity contribution < 1.29 is 14.3 Å². The smallest absolute Gasteiger partial charge is 0.323 e. The fourth-order valence-electron chi connectivity index (χ4n) is 1.43. The predicted octanol–water partition coefficient (Wildman–Crippen LogP) is 2.16. The van der Waals surface area contributed by atoms with Crippen molar-refractivity contribution in [3.8, 4) is 0 Å². The van der Waals surface area contributed by atoms with Gasteiger partial charge >= 0.3 is 5.97 Å². The molecule has 0 aromatic heterocycles. The Morgan fingerprint density at radius 3 is 2.65 bits per heavy atom. The zero-order valence-electron chi connectivity index (χ0n) is 10.4. The molecule has 17 heavy (non-hydrogen) atoms. The lowest BCUT2D eigenvalue weighted by molar-refractivity contribution is -0.148. The number of rotatable bonds is 5. The Hall–Kier alpha value is -1.42. The summed E-state index contributed by atoms with van der Waals surface area (Å²) in [4.78, 5) is 12.8. The third-order valence-electron chi connectivity index (χ3n) is 3.10. The number of carboxylic acids is 1. The van der Waals surface area contributed by atoms with E-state index in [2.05, 4.69) is 0 Å². The van der Waals surface area contributed by atoms with E-state index in [1.165, 1.54) is 12.1 Å². The summed E-state index contributed by atoms with van der Waals surface area (Å²) < 4.78 is 12.9. The van der Waals surface area contributed by atoms with Gasteiger partial charge < -0.3 is 5.11 Å². The van der Waals surface area contributed by atoms with Crippen molar-refractivity contribution in [1.29, 1.82) is 0 Å². The van der Waals surface area contributed by atoms with Gasteiger partial charge in [-0.1, -0.05) is 12.1 Å². The first-order valence-corrected chi connectivity index (χ1v) is 5.53. The third-order valence-corrected chi connectivity index (χ3v) is 3.10. The normalized spacial score (nSPS) is 11.8.